The van der Waals surface area contributed by atoms with Crippen LogP contribution in [0.4, 0.5) is 46.3 Å². The van der Waals surface area contributed by atoms with Gasteiger partial charge in [-0.2, -0.15) is 54.1 Å². The largest absolute Gasteiger partial charge is 0.381 e. The molecule has 13 rings (SSSR count). The van der Waals surface area contributed by atoms with Gasteiger partial charge in [0.25, 0.3) is 63.7 Å². The summed E-state index contributed by atoms with van der Waals surface area (Å²) in [7, 11) is -5.39. The Bertz CT molecular complexity index is 6240. The Morgan fingerprint density at radius 2 is 0.892 bits per heavy atom. The van der Waals surface area contributed by atoms with Crippen LogP contribution in [0, 0.1) is 5.82 Å². The summed E-state index contributed by atoms with van der Waals surface area (Å²) < 4.78 is 135. The molecular formula is C85H110ClFN22O17S4. The van der Waals surface area contributed by atoms with E-state index >= 15 is 0 Å². The van der Waals surface area contributed by atoms with Gasteiger partial charge >= 0.3 is 24.1 Å². The fourth-order valence-corrected chi connectivity index (χ4v) is 18.8. The number of sulfonamides is 4. The molecule has 4 aromatic carbocycles. The van der Waals surface area contributed by atoms with E-state index in [-0.39, 0.29) is 69.3 Å². The number of anilines is 4. The molecule has 4 aliphatic rings. The number of nitrogens with one attached hydrogen (secondary N) is 9. The lowest BCUT2D eigenvalue weighted by Gasteiger charge is -2.31. The number of benzene rings is 4. The molecule has 0 bridgehead atoms. The lowest BCUT2D eigenvalue weighted by molar-refractivity contribution is 0.0635. The minimum atomic E-state index is -4.38. The van der Waals surface area contributed by atoms with E-state index < -0.39 is 103 Å². The van der Waals surface area contributed by atoms with Crippen molar-refractivity contribution in [2.45, 2.75) is 183 Å². The fraction of sp³-hybridized carbons (Fsp3) is 0.435. The van der Waals surface area contributed by atoms with E-state index in [0.717, 1.165) is 122 Å². The number of likely N-dealkylation sites (tertiary alicyclic amines) is 1. The highest BCUT2D eigenvalue weighted by Crippen LogP contribution is 2.42. The van der Waals surface area contributed by atoms with Crippen molar-refractivity contribution in [3.63, 3.8) is 0 Å². The number of aromatic nitrogens is 10. The number of aryl methyl sites for hydroxylation is 5. The molecule has 0 saturated carbocycles. The highest BCUT2D eigenvalue weighted by Gasteiger charge is 2.36. The Morgan fingerprint density at radius 3 is 1.32 bits per heavy atom. The van der Waals surface area contributed by atoms with Crippen LogP contribution in [-0.4, -0.2) is 207 Å². The van der Waals surface area contributed by atoms with Crippen molar-refractivity contribution in [1.29, 1.82) is 0 Å². The second-order valence-electron chi connectivity index (χ2n) is 33.3. The van der Waals surface area contributed by atoms with Crippen LogP contribution in [0.15, 0.2) is 112 Å². The minimum Gasteiger partial charge on any atom is -0.381 e. The Kier molecular flexibility index (Phi) is 32.0. The zero-order chi connectivity index (χ0) is 95.7. The van der Waals surface area contributed by atoms with Crippen molar-refractivity contribution >= 4 is 122 Å². The van der Waals surface area contributed by atoms with E-state index in [4.69, 9.17) is 16.3 Å². The molecule has 700 valence electrons. The van der Waals surface area contributed by atoms with Gasteiger partial charge in [-0.1, -0.05) is 85.2 Å². The molecule has 2 saturated heterocycles. The van der Waals surface area contributed by atoms with Gasteiger partial charge in [0.2, 0.25) is 0 Å². The van der Waals surface area contributed by atoms with Gasteiger partial charge in [0.05, 0.1) is 0 Å². The van der Waals surface area contributed by atoms with E-state index in [0.29, 0.717) is 72.4 Å². The number of carbonyl (C=O) groups excluding carboxylic acids is 8. The van der Waals surface area contributed by atoms with Crippen LogP contribution in [0.1, 0.15) is 229 Å². The third-order valence-electron chi connectivity index (χ3n) is 21.7. The zero-order valence-electron chi connectivity index (χ0n) is 75.5. The van der Waals surface area contributed by atoms with Crippen molar-refractivity contribution in [1.82, 2.24) is 88.0 Å². The molecule has 130 heavy (non-hydrogen) atoms. The molecule has 2 aliphatic carbocycles. The number of fused-ring (bicyclic) bond motifs is 2. The molecule has 0 atom stereocenters. The third-order valence-corrected chi connectivity index (χ3v) is 26.8. The average molecular weight is 1890 g/mol. The van der Waals surface area contributed by atoms with Crippen LogP contribution in [0.25, 0.3) is 11.1 Å². The molecule has 5 aromatic heterocycles. The molecular weight excluding hydrogens is 1780 g/mol. The van der Waals surface area contributed by atoms with Crippen molar-refractivity contribution in [3.05, 3.63) is 175 Å². The zero-order valence-corrected chi connectivity index (χ0v) is 79.5. The number of carbonyl (C=O) groups is 8. The summed E-state index contributed by atoms with van der Waals surface area (Å²) in [5, 5.41) is 27.7. The van der Waals surface area contributed by atoms with Crippen LogP contribution in [0.3, 0.4) is 0 Å². The Morgan fingerprint density at radius 1 is 0.477 bits per heavy atom. The number of hydrogen-bond acceptors (Lipinski definition) is 23. The molecule has 0 radical (unpaired) electrons. The number of hydrogen-bond donors (Lipinski definition) is 9. The second-order valence-corrected chi connectivity index (χ2v) is 40.3. The van der Waals surface area contributed by atoms with Crippen molar-refractivity contribution in [2.75, 3.05) is 82.8 Å². The third kappa shape index (κ3) is 23.9. The van der Waals surface area contributed by atoms with Gasteiger partial charge in [-0.05, 0) is 187 Å². The van der Waals surface area contributed by atoms with Gasteiger partial charge in [0.15, 0.2) is 20.1 Å². The lowest BCUT2D eigenvalue weighted by atomic mass is 9.86. The van der Waals surface area contributed by atoms with E-state index in [9.17, 15) is 76.4 Å². The molecule has 0 unspecified atom stereocenters. The molecule has 2 fully saturated rings. The van der Waals surface area contributed by atoms with Gasteiger partial charge in [-0.15, -0.1) is 0 Å². The second kappa shape index (κ2) is 41.7. The molecule has 45 heteroatoms. The predicted molar refractivity (Wildman–Crippen MR) is 485 cm³/mol. The highest BCUT2D eigenvalue weighted by atomic mass is 35.5. The SMILES string of the molecule is CC(C)c1cc(F)cc(C2CCOCC2)c1NC(=O)NS(=O)(=O)c1cc(C(=O)N(C)C)n(C)n1.CC(C)c1ccc(-c2cncnc2)cc1NC(=O)NS(=O)(=O)c1cc(C(=O)N(C)C)n(C)n1.CC(C)n1nc(S(=O)(=O)NC(=O)Nc2c3c(cc4c2CCC4)CCC3)cc1C(=O)N1CCC1.CNC(=O)c1cc(S(=O)(=O)NC(=O)Nc2c(C(C)C)cc(Cl)cc2C(C)C)nn1C. The first-order valence-corrected chi connectivity index (χ1v) is 48.1. The standard InChI is InChI=1S/C23H29N5O4S.C22H30FN5O5S.C21H25N7O4S.C19H26ClN5O4S/c1-14(2)28-19(22(29)27-10-5-11-27)13-20(25-28)33(31,32)26-23(30)24-21-17-8-3-6-15(17)12-16-7-4-9-18(16)21;1-13(2)16-10-15(23)11-17(14-6-8-33-9-7-14)20(16)24-22(30)26-34(31,32)19-12-18(28(5)25-19)21(29)27(3)4;1-13(2)16-7-6-14(15-10-22-12-23-11-15)8-17(16)24-21(30)26-33(31,32)19-9-18(28(5)25-19)20(29)27(3)4;1-10(2)13-7-12(20)8-14(11(3)4)17(13)22-19(27)24-30(28,29)16-9-15(18(26)21-5)25(6)23-16/h12-14H,3-11H2,1-2H3,(H2,24,26,30);10-14H,6-9H2,1-5H3,(H2,24,26,30);6-13H,1-5H3,(H2,24,26,30);7-11H,1-6H3,(H,21,26)(H2,22,24,27). The number of urea groups is 4. The van der Waals surface area contributed by atoms with Crippen LogP contribution in [-0.2, 0) is 91.7 Å². The maximum atomic E-state index is 14.4. The Balaban J connectivity index is 0.000000180. The topological polar surface area (TPSA) is 497 Å². The molecule has 7 heterocycles. The van der Waals surface area contributed by atoms with Gasteiger partial charge < -0.3 is 46.0 Å². The summed E-state index contributed by atoms with van der Waals surface area (Å²) in [6.45, 7) is 21.4. The Hall–Kier alpha value is -12.3. The first kappa shape index (κ1) is 99.9. The smallest absolute Gasteiger partial charge is 0.333 e. The number of ether oxygens (including phenoxy) is 1. The van der Waals surface area contributed by atoms with Gasteiger partial charge in [0, 0.05) is 159 Å². The monoisotopic (exact) mass is 1890 g/mol. The van der Waals surface area contributed by atoms with E-state index in [2.05, 4.69) is 67.7 Å². The molecule has 12 amide bonds. The number of halogens is 2. The van der Waals surface area contributed by atoms with Crippen LogP contribution >= 0.6 is 11.6 Å². The summed E-state index contributed by atoms with van der Waals surface area (Å²) in [5.74, 6) is -2.04. The number of nitrogens with zero attached hydrogens (tertiary/aromatic N) is 13. The van der Waals surface area contributed by atoms with Crippen molar-refractivity contribution < 1.29 is 81.2 Å². The summed E-state index contributed by atoms with van der Waals surface area (Å²) in [5.41, 5.74) is 12.3. The maximum Gasteiger partial charge on any atom is 0.333 e. The van der Waals surface area contributed by atoms with Crippen molar-refractivity contribution in [3.8, 4) is 11.1 Å². The molecule has 2 aliphatic heterocycles. The van der Waals surface area contributed by atoms with E-state index in [1.807, 2.05) is 95.5 Å². The van der Waals surface area contributed by atoms with Gasteiger partial charge in [-0.25, -0.2) is 52.4 Å². The summed E-state index contributed by atoms with van der Waals surface area (Å²) in [4.78, 5) is 112. The molecule has 0 spiro atoms. The molecule has 9 N–H and O–H groups in total. The highest BCUT2D eigenvalue weighted by molar-refractivity contribution is 7.90. The maximum absolute atomic E-state index is 14.4. The minimum absolute atomic E-state index is 0.0377. The predicted octanol–water partition coefficient (Wildman–Crippen LogP) is 11.0. The number of rotatable bonds is 23. The van der Waals surface area contributed by atoms with Crippen molar-refractivity contribution in [2.24, 2.45) is 21.1 Å². The summed E-state index contributed by atoms with van der Waals surface area (Å²) in [6.07, 6.45) is 12.7. The summed E-state index contributed by atoms with van der Waals surface area (Å²) >= 11 is 6.22. The van der Waals surface area contributed by atoms with Crippen LogP contribution in [0.2, 0.25) is 5.02 Å². The fourth-order valence-electron chi connectivity index (χ4n) is 15.0. The van der Waals surface area contributed by atoms with Gasteiger partial charge in [0.1, 0.15) is 34.9 Å². The van der Waals surface area contributed by atoms with E-state index in [1.54, 1.807) is 35.5 Å². The van der Waals surface area contributed by atoms with Gasteiger partial charge in [-0.3, -0.25) is 37.9 Å². The quantitative estimate of drug-likeness (QED) is 0.0287. The number of amides is 12. The lowest BCUT2D eigenvalue weighted by Crippen LogP contribution is -2.43. The normalized spacial score (nSPS) is 13.7. The van der Waals surface area contributed by atoms with E-state index in [1.165, 1.54) is 107 Å². The first-order valence-electron chi connectivity index (χ1n) is 41.8. The Labute approximate surface area is 759 Å². The molecule has 9 aromatic rings. The average Bonchev–Trinajstić information content (AvgIpc) is 1.62. The summed E-state index contributed by atoms with van der Waals surface area (Å²) in [6, 6.07) is 14.6. The first-order chi connectivity index (χ1) is 61.0. The molecule has 39 nitrogen and oxygen atoms in total. The van der Waals surface area contributed by atoms with Crippen LogP contribution < -0.4 is 45.5 Å². The van der Waals surface area contributed by atoms with Crippen LogP contribution in [0.5, 0.6) is 0 Å².